The van der Waals surface area contributed by atoms with Crippen molar-refractivity contribution in [3.05, 3.63) is 76.5 Å². The molecule has 3 rings (SSSR count). The van der Waals surface area contributed by atoms with Crippen molar-refractivity contribution < 1.29 is 4.79 Å². The quantitative estimate of drug-likeness (QED) is 0.618. The largest absolute Gasteiger partial charge is 0.374 e. The average molecular weight is 395 g/mol. The molecule has 1 aliphatic rings. The van der Waals surface area contributed by atoms with Crippen molar-refractivity contribution in [2.24, 2.45) is 0 Å². The van der Waals surface area contributed by atoms with Crippen LogP contribution in [0.15, 0.2) is 60.3 Å². The van der Waals surface area contributed by atoms with Gasteiger partial charge >= 0.3 is 0 Å². The van der Waals surface area contributed by atoms with E-state index in [-0.39, 0.29) is 5.57 Å². The fraction of sp³-hybridized carbons (Fsp3) is 0.273. The van der Waals surface area contributed by atoms with Crippen LogP contribution in [-0.4, -0.2) is 41.9 Å². The van der Waals surface area contributed by atoms with Gasteiger partial charge in [0.25, 0.3) is 5.91 Å². The van der Waals surface area contributed by atoms with Gasteiger partial charge in [-0.05, 0) is 30.2 Å². The molecule has 1 fully saturated rings. The Morgan fingerprint density at radius 3 is 2.57 bits per heavy atom. The molecule has 1 aliphatic heterocycles. The Bertz CT molecular complexity index is 896. The maximum absolute atomic E-state index is 12.5. The van der Waals surface area contributed by atoms with E-state index >= 15 is 0 Å². The number of hydrogen-bond donors (Lipinski definition) is 1. The number of rotatable bonds is 5. The lowest BCUT2D eigenvalue weighted by atomic mass is 10.2. The lowest BCUT2D eigenvalue weighted by Crippen LogP contribution is -2.43. The molecule has 1 N–H and O–H groups in total. The van der Waals surface area contributed by atoms with E-state index in [0.29, 0.717) is 10.7 Å². The zero-order chi connectivity index (χ0) is 19.9. The average Bonchev–Trinajstić information content (AvgIpc) is 2.71. The molecule has 0 bridgehead atoms. The van der Waals surface area contributed by atoms with E-state index in [9.17, 15) is 10.1 Å². The van der Waals surface area contributed by atoms with Crippen molar-refractivity contribution >= 4 is 23.2 Å². The highest BCUT2D eigenvalue weighted by atomic mass is 35.5. The number of anilines is 1. The Labute approximate surface area is 170 Å². The van der Waals surface area contributed by atoms with E-state index in [4.69, 9.17) is 11.6 Å². The van der Waals surface area contributed by atoms with Gasteiger partial charge in [-0.2, -0.15) is 5.26 Å². The summed E-state index contributed by atoms with van der Waals surface area (Å²) >= 11 is 6.00. The summed E-state index contributed by atoms with van der Waals surface area (Å²) in [5.41, 5.74) is 2.90. The molecule has 0 unspecified atom stereocenters. The van der Waals surface area contributed by atoms with Crippen molar-refractivity contribution in [1.82, 2.24) is 9.80 Å². The van der Waals surface area contributed by atoms with E-state index in [0.717, 1.165) is 38.3 Å². The summed E-state index contributed by atoms with van der Waals surface area (Å²) < 4.78 is 0. The molecule has 0 aromatic heterocycles. The lowest BCUT2D eigenvalue weighted by molar-refractivity contribution is -0.112. The third kappa shape index (κ3) is 5.35. The molecule has 0 spiro atoms. The number of carbonyl (C=O) groups excluding carboxylic acids is 1. The maximum atomic E-state index is 12.5. The molecule has 1 amide bonds. The smallest absolute Gasteiger partial charge is 0.267 e. The van der Waals surface area contributed by atoms with Gasteiger partial charge in [0.1, 0.15) is 11.6 Å². The fourth-order valence-corrected chi connectivity index (χ4v) is 3.30. The molecular formula is C22H23ClN4O. The van der Waals surface area contributed by atoms with E-state index in [2.05, 4.69) is 22.3 Å². The molecule has 1 saturated heterocycles. The second-order valence-corrected chi connectivity index (χ2v) is 7.30. The number of nitrogens with zero attached hydrogens (tertiary/aromatic N) is 3. The lowest BCUT2D eigenvalue weighted by Gasteiger charge is -2.34. The van der Waals surface area contributed by atoms with Crippen molar-refractivity contribution in [3.8, 4) is 6.07 Å². The maximum Gasteiger partial charge on any atom is 0.267 e. The van der Waals surface area contributed by atoms with E-state index < -0.39 is 5.91 Å². The number of halogens is 1. The third-order valence-electron chi connectivity index (χ3n) is 4.78. The normalized spacial score (nSPS) is 15.2. The summed E-state index contributed by atoms with van der Waals surface area (Å²) in [6.07, 6.45) is 1.66. The van der Waals surface area contributed by atoms with Crippen LogP contribution in [0, 0.1) is 18.3 Å². The van der Waals surface area contributed by atoms with Crippen LogP contribution in [0.3, 0.4) is 0 Å². The van der Waals surface area contributed by atoms with Crippen LogP contribution < -0.4 is 5.32 Å². The van der Waals surface area contributed by atoms with Crippen LogP contribution in [0.1, 0.15) is 11.1 Å². The Kier molecular flexibility index (Phi) is 6.70. The SMILES string of the molecule is Cc1ccc(Cl)cc1NC(=O)/C(C#N)=C\N1CCN(Cc2ccccc2)CC1. The van der Waals surface area contributed by atoms with Gasteiger partial charge in [0.15, 0.2) is 0 Å². The van der Waals surface area contributed by atoms with Gasteiger partial charge in [-0.25, -0.2) is 0 Å². The predicted octanol–water partition coefficient (Wildman–Crippen LogP) is 3.81. The minimum Gasteiger partial charge on any atom is -0.374 e. The number of benzene rings is 2. The Morgan fingerprint density at radius 1 is 1.18 bits per heavy atom. The molecule has 2 aromatic carbocycles. The van der Waals surface area contributed by atoms with Gasteiger partial charge < -0.3 is 10.2 Å². The number of nitrogens with one attached hydrogen (secondary N) is 1. The molecule has 0 aliphatic carbocycles. The number of nitriles is 1. The predicted molar refractivity (Wildman–Crippen MR) is 112 cm³/mol. The molecule has 144 valence electrons. The summed E-state index contributed by atoms with van der Waals surface area (Å²) in [5, 5.41) is 12.8. The number of aryl methyl sites for hydroxylation is 1. The second-order valence-electron chi connectivity index (χ2n) is 6.87. The molecule has 0 atom stereocenters. The molecule has 1 heterocycles. The van der Waals surface area contributed by atoms with E-state index in [1.54, 1.807) is 18.3 Å². The first-order valence-corrected chi connectivity index (χ1v) is 9.62. The van der Waals surface area contributed by atoms with Gasteiger partial charge in [-0.15, -0.1) is 0 Å². The number of amides is 1. The highest BCUT2D eigenvalue weighted by molar-refractivity contribution is 6.31. The summed E-state index contributed by atoms with van der Waals surface area (Å²) in [5.74, 6) is -0.417. The highest BCUT2D eigenvalue weighted by Crippen LogP contribution is 2.21. The molecule has 0 saturated carbocycles. The van der Waals surface area contributed by atoms with E-state index in [1.807, 2.05) is 42.2 Å². The van der Waals surface area contributed by atoms with Crippen molar-refractivity contribution in [2.45, 2.75) is 13.5 Å². The highest BCUT2D eigenvalue weighted by Gasteiger charge is 2.18. The molecule has 28 heavy (non-hydrogen) atoms. The summed E-state index contributed by atoms with van der Waals surface area (Å²) in [7, 11) is 0. The number of piperazine rings is 1. The van der Waals surface area contributed by atoms with Crippen molar-refractivity contribution in [1.29, 1.82) is 5.26 Å². The minimum absolute atomic E-state index is 0.0934. The van der Waals surface area contributed by atoms with Crippen LogP contribution in [0.2, 0.25) is 5.02 Å². The Morgan fingerprint density at radius 2 is 1.89 bits per heavy atom. The molecule has 0 radical (unpaired) electrons. The standard InChI is InChI=1S/C22H23ClN4O/c1-17-7-8-20(23)13-21(17)25-22(28)19(14-24)16-27-11-9-26(10-12-27)15-18-5-3-2-4-6-18/h2-8,13,16H,9-12,15H2,1H3,(H,25,28)/b19-16-. The van der Waals surface area contributed by atoms with Crippen LogP contribution in [0.25, 0.3) is 0 Å². The molecular weight excluding hydrogens is 372 g/mol. The first kappa shape index (κ1) is 19.9. The van der Waals surface area contributed by atoms with Crippen molar-refractivity contribution in [3.63, 3.8) is 0 Å². The molecule has 5 nitrogen and oxygen atoms in total. The minimum atomic E-state index is -0.417. The molecule has 6 heteroatoms. The summed E-state index contributed by atoms with van der Waals surface area (Å²) in [6.45, 7) is 6.13. The second kappa shape index (κ2) is 9.41. The van der Waals surface area contributed by atoms with Gasteiger partial charge in [0.2, 0.25) is 0 Å². The Hall–Kier alpha value is -2.81. The third-order valence-corrected chi connectivity index (χ3v) is 5.02. The number of carbonyl (C=O) groups is 1. The zero-order valence-corrected chi connectivity index (χ0v) is 16.6. The summed E-state index contributed by atoms with van der Waals surface area (Å²) in [6, 6.07) is 17.7. The molecule has 2 aromatic rings. The first-order valence-electron chi connectivity index (χ1n) is 9.25. The summed E-state index contributed by atoms with van der Waals surface area (Å²) in [4.78, 5) is 16.9. The zero-order valence-electron chi connectivity index (χ0n) is 15.9. The topological polar surface area (TPSA) is 59.4 Å². The van der Waals surface area contributed by atoms with Crippen LogP contribution in [-0.2, 0) is 11.3 Å². The fourth-order valence-electron chi connectivity index (χ4n) is 3.13. The van der Waals surface area contributed by atoms with Gasteiger partial charge in [-0.1, -0.05) is 48.0 Å². The van der Waals surface area contributed by atoms with Gasteiger partial charge in [0, 0.05) is 49.6 Å². The van der Waals surface area contributed by atoms with Crippen molar-refractivity contribution in [2.75, 3.05) is 31.5 Å². The van der Waals surface area contributed by atoms with E-state index in [1.165, 1.54) is 5.56 Å². The van der Waals surface area contributed by atoms with Crippen LogP contribution in [0.5, 0.6) is 0 Å². The van der Waals surface area contributed by atoms with Gasteiger partial charge in [-0.3, -0.25) is 9.69 Å². The first-order chi connectivity index (χ1) is 13.5. The van der Waals surface area contributed by atoms with Crippen LogP contribution >= 0.6 is 11.6 Å². The van der Waals surface area contributed by atoms with Gasteiger partial charge in [0.05, 0.1) is 0 Å². The number of hydrogen-bond acceptors (Lipinski definition) is 4. The monoisotopic (exact) mass is 394 g/mol. The van der Waals surface area contributed by atoms with Crippen LogP contribution in [0.4, 0.5) is 5.69 Å². The Balaban J connectivity index is 1.58.